The molecule has 2 heterocycles. The van der Waals surface area contributed by atoms with Crippen LogP contribution in [0.1, 0.15) is 18.4 Å². The molecule has 1 aliphatic heterocycles. The average Bonchev–Trinajstić information content (AvgIpc) is 2.82. The van der Waals surface area contributed by atoms with Gasteiger partial charge >= 0.3 is 5.97 Å². The van der Waals surface area contributed by atoms with Crippen molar-refractivity contribution in [3.05, 3.63) is 26.9 Å². The molecule has 1 aromatic heterocycles. The molecule has 1 atom stereocenters. The number of carbonyl (C=O) groups excluding carboxylic acids is 1. The second-order valence-electron chi connectivity index (χ2n) is 4.48. The fraction of sp³-hybridized carbons (Fsp3) is 0.385. The molecule has 6 heteroatoms. The van der Waals surface area contributed by atoms with E-state index in [1.54, 1.807) is 22.3 Å². The van der Waals surface area contributed by atoms with Gasteiger partial charge in [-0.15, -0.1) is 11.3 Å². The predicted octanol–water partition coefficient (Wildman–Crippen LogP) is 2.85. The monoisotopic (exact) mass is 343 g/mol. The van der Waals surface area contributed by atoms with Crippen molar-refractivity contribution in [3.63, 3.8) is 0 Å². The number of thiophene rings is 1. The summed E-state index contributed by atoms with van der Waals surface area (Å²) in [5.74, 6) is -1.36. The zero-order valence-electron chi connectivity index (χ0n) is 10.2. The molecule has 1 saturated heterocycles. The molecule has 1 aromatic rings. The number of carboxylic acid groups (broad SMARTS) is 1. The standard InChI is InChI=1S/C13H14BrNO3S/c14-11-6-9(8-19-11)3-4-12(16)15-5-1-2-10(7-15)13(17)18/h3-4,6,8,10H,1-2,5,7H2,(H,17,18)/b4-3+/t10-/m1/s1. The van der Waals surface area contributed by atoms with Crippen LogP contribution in [0.15, 0.2) is 21.3 Å². The fourth-order valence-electron chi connectivity index (χ4n) is 2.06. The Labute approximate surface area is 123 Å². The Morgan fingerprint density at radius 2 is 2.32 bits per heavy atom. The second kappa shape index (κ2) is 6.34. The van der Waals surface area contributed by atoms with E-state index >= 15 is 0 Å². The lowest BCUT2D eigenvalue weighted by Gasteiger charge is -2.29. The molecule has 0 spiro atoms. The minimum Gasteiger partial charge on any atom is -0.481 e. The minimum absolute atomic E-state index is 0.117. The summed E-state index contributed by atoms with van der Waals surface area (Å²) in [6.45, 7) is 0.951. The third-order valence-electron chi connectivity index (χ3n) is 3.09. The largest absolute Gasteiger partial charge is 0.481 e. The van der Waals surface area contributed by atoms with Crippen LogP contribution in [0.5, 0.6) is 0 Å². The first-order valence-electron chi connectivity index (χ1n) is 6.00. The molecule has 2 rings (SSSR count). The first-order chi connectivity index (χ1) is 9.06. The maximum atomic E-state index is 12.0. The molecule has 19 heavy (non-hydrogen) atoms. The number of aliphatic carboxylic acids is 1. The van der Waals surface area contributed by atoms with Gasteiger partial charge in [0.1, 0.15) is 0 Å². The number of likely N-dealkylation sites (tertiary alicyclic amines) is 1. The quantitative estimate of drug-likeness (QED) is 0.858. The van der Waals surface area contributed by atoms with Gasteiger partial charge in [0.2, 0.25) is 5.91 Å². The lowest BCUT2D eigenvalue weighted by atomic mass is 9.98. The maximum Gasteiger partial charge on any atom is 0.308 e. The smallest absolute Gasteiger partial charge is 0.308 e. The van der Waals surface area contributed by atoms with E-state index in [9.17, 15) is 9.59 Å². The summed E-state index contributed by atoms with van der Waals surface area (Å²) < 4.78 is 1.02. The maximum absolute atomic E-state index is 12.0. The molecule has 1 amide bonds. The summed E-state index contributed by atoms with van der Waals surface area (Å²) in [6.07, 6.45) is 4.67. The van der Waals surface area contributed by atoms with Gasteiger partial charge in [-0.1, -0.05) is 0 Å². The summed E-state index contributed by atoms with van der Waals surface area (Å²) >= 11 is 4.92. The Bertz CT molecular complexity index is 512. The third kappa shape index (κ3) is 3.91. The van der Waals surface area contributed by atoms with Crippen LogP contribution in [-0.2, 0) is 9.59 Å². The summed E-state index contributed by atoms with van der Waals surface area (Å²) in [7, 11) is 0. The summed E-state index contributed by atoms with van der Waals surface area (Å²) in [5.41, 5.74) is 0.969. The van der Waals surface area contributed by atoms with E-state index in [-0.39, 0.29) is 5.91 Å². The highest BCUT2D eigenvalue weighted by atomic mass is 79.9. The van der Waals surface area contributed by atoms with E-state index in [1.807, 2.05) is 11.4 Å². The van der Waals surface area contributed by atoms with Crippen LogP contribution < -0.4 is 0 Å². The van der Waals surface area contributed by atoms with E-state index in [0.29, 0.717) is 19.5 Å². The van der Waals surface area contributed by atoms with Gasteiger partial charge in [0, 0.05) is 19.2 Å². The zero-order valence-corrected chi connectivity index (χ0v) is 12.6. The van der Waals surface area contributed by atoms with Crippen LogP contribution in [0.25, 0.3) is 6.08 Å². The van der Waals surface area contributed by atoms with Gasteiger partial charge in [-0.2, -0.15) is 0 Å². The fourth-order valence-corrected chi connectivity index (χ4v) is 3.21. The normalized spacial score (nSPS) is 19.8. The lowest BCUT2D eigenvalue weighted by Crippen LogP contribution is -2.41. The van der Waals surface area contributed by atoms with Gasteiger partial charge in [0.15, 0.2) is 0 Å². The number of rotatable bonds is 3. The lowest BCUT2D eigenvalue weighted by molar-refractivity contribution is -0.144. The van der Waals surface area contributed by atoms with Crippen LogP contribution in [0.4, 0.5) is 0 Å². The molecule has 1 fully saturated rings. The van der Waals surface area contributed by atoms with Crippen molar-refractivity contribution >= 4 is 45.2 Å². The van der Waals surface area contributed by atoms with Crippen molar-refractivity contribution in [2.24, 2.45) is 5.92 Å². The van der Waals surface area contributed by atoms with Crippen LogP contribution in [0, 0.1) is 5.92 Å². The number of carbonyl (C=O) groups is 2. The molecule has 0 aliphatic carbocycles. The van der Waals surface area contributed by atoms with E-state index in [1.165, 1.54) is 6.08 Å². The molecule has 102 valence electrons. The van der Waals surface area contributed by atoms with Crippen molar-refractivity contribution in [2.75, 3.05) is 13.1 Å². The molecule has 1 N–H and O–H groups in total. The van der Waals surface area contributed by atoms with Crippen molar-refractivity contribution in [1.82, 2.24) is 4.90 Å². The number of halogens is 1. The first-order valence-corrected chi connectivity index (χ1v) is 7.67. The van der Waals surface area contributed by atoms with E-state index in [2.05, 4.69) is 15.9 Å². The topological polar surface area (TPSA) is 57.6 Å². The molecule has 0 radical (unpaired) electrons. The SMILES string of the molecule is O=C(O)[C@@H]1CCCN(C(=O)/C=C/c2csc(Br)c2)C1. The van der Waals surface area contributed by atoms with Crippen LogP contribution in [0.3, 0.4) is 0 Å². The Balaban J connectivity index is 1.96. The highest BCUT2D eigenvalue weighted by Gasteiger charge is 2.26. The van der Waals surface area contributed by atoms with Gasteiger partial charge in [-0.05, 0) is 51.9 Å². The Kier molecular flexibility index (Phi) is 4.76. The molecular formula is C13H14BrNO3S. The number of hydrogen-bond donors (Lipinski definition) is 1. The zero-order chi connectivity index (χ0) is 13.8. The number of amides is 1. The number of piperidine rings is 1. The van der Waals surface area contributed by atoms with E-state index in [0.717, 1.165) is 15.8 Å². The third-order valence-corrected chi connectivity index (χ3v) is 4.61. The summed E-state index contributed by atoms with van der Waals surface area (Å²) in [5, 5.41) is 10.9. The van der Waals surface area contributed by atoms with Gasteiger partial charge in [-0.3, -0.25) is 9.59 Å². The van der Waals surface area contributed by atoms with Crippen molar-refractivity contribution in [2.45, 2.75) is 12.8 Å². The molecule has 0 saturated carbocycles. The van der Waals surface area contributed by atoms with Crippen LogP contribution in [0.2, 0.25) is 0 Å². The van der Waals surface area contributed by atoms with Gasteiger partial charge < -0.3 is 10.0 Å². The average molecular weight is 344 g/mol. The van der Waals surface area contributed by atoms with Crippen molar-refractivity contribution in [1.29, 1.82) is 0 Å². The van der Waals surface area contributed by atoms with Crippen LogP contribution >= 0.6 is 27.3 Å². The molecule has 0 unspecified atom stereocenters. The summed E-state index contributed by atoms with van der Waals surface area (Å²) in [4.78, 5) is 24.5. The predicted molar refractivity (Wildman–Crippen MR) is 78.0 cm³/mol. The minimum atomic E-state index is -0.816. The highest BCUT2D eigenvalue weighted by molar-refractivity contribution is 9.11. The van der Waals surface area contributed by atoms with Gasteiger partial charge in [-0.25, -0.2) is 0 Å². The Morgan fingerprint density at radius 1 is 1.53 bits per heavy atom. The molecule has 0 bridgehead atoms. The van der Waals surface area contributed by atoms with E-state index in [4.69, 9.17) is 5.11 Å². The Hall–Kier alpha value is -1.14. The van der Waals surface area contributed by atoms with Gasteiger partial charge in [0.25, 0.3) is 0 Å². The van der Waals surface area contributed by atoms with Gasteiger partial charge in [0.05, 0.1) is 9.70 Å². The highest BCUT2D eigenvalue weighted by Crippen LogP contribution is 2.22. The molecule has 1 aliphatic rings. The number of nitrogens with zero attached hydrogens (tertiary/aromatic N) is 1. The van der Waals surface area contributed by atoms with Crippen LogP contribution in [-0.4, -0.2) is 35.0 Å². The number of hydrogen-bond acceptors (Lipinski definition) is 3. The first kappa shape index (κ1) is 14.3. The van der Waals surface area contributed by atoms with Crippen molar-refractivity contribution < 1.29 is 14.7 Å². The number of carboxylic acids is 1. The molecule has 4 nitrogen and oxygen atoms in total. The second-order valence-corrected chi connectivity index (χ2v) is 6.77. The molecule has 0 aromatic carbocycles. The molecular weight excluding hydrogens is 330 g/mol. The summed E-state index contributed by atoms with van der Waals surface area (Å²) in [6, 6.07) is 1.94. The van der Waals surface area contributed by atoms with Crippen molar-refractivity contribution in [3.8, 4) is 0 Å². The Morgan fingerprint density at radius 3 is 2.95 bits per heavy atom. The van der Waals surface area contributed by atoms with E-state index < -0.39 is 11.9 Å².